The number of nitrogens with zero attached hydrogens (tertiary/aromatic N) is 4. The third-order valence-corrected chi connectivity index (χ3v) is 5.83. The Hall–Kier alpha value is -3.29. The highest BCUT2D eigenvalue weighted by Gasteiger charge is 2.22. The quantitative estimate of drug-likeness (QED) is 0.363. The van der Waals surface area contributed by atoms with E-state index in [-0.39, 0.29) is 5.92 Å². The first kappa shape index (κ1) is 19.7. The maximum atomic E-state index is 14.1. The van der Waals surface area contributed by atoms with E-state index in [9.17, 15) is 4.39 Å². The van der Waals surface area contributed by atoms with E-state index in [0.717, 1.165) is 10.9 Å². The zero-order chi connectivity index (χ0) is 21.7. The highest BCUT2D eigenvalue weighted by Crippen LogP contribution is 2.38. The van der Waals surface area contributed by atoms with Gasteiger partial charge in [-0.25, -0.2) is 24.3 Å². The Bertz CT molecular complexity index is 1470. The molecule has 3 aromatic heterocycles. The van der Waals surface area contributed by atoms with Crippen LogP contribution in [0.5, 0.6) is 0 Å². The van der Waals surface area contributed by atoms with Crippen molar-refractivity contribution < 1.29 is 4.39 Å². The predicted molar refractivity (Wildman–Crippen MR) is 121 cm³/mol. The smallest absolute Gasteiger partial charge is 0.183 e. The largest absolute Gasteiger partial charge is 0.382 e. The lowest BCUT2D eigenvalue weighted by Gasteiger charge is -2.18. The predicted octanol–water partition coefficient (Wildman–Crippen LogP) is 5.75. The topological polar surface area (TPSA) is 93.4 Å². The van der Waals surface area contributed by atoms with Gasteiger partial charge in [0.1, 0.15) is 17.2 Å². The van der Waals surface area contributed by atoms with Gasteiger partial charge in [0.25, 0.3) is 0 Å². The maximum absolute atomic E-state index is 14.1. The van der Waals surface area contributed by atoms with Crippen LogP contribution in [0.4, 0.5) is 10.2 Å². The number of halogens is 3. The molecule has 0 spiro atoms. The summed E-state index contributed by atoms with van der Waals surface area (Å²) in [7, 11) is 0. The van der Waals surface area contributed by atoms with Gasteiger partial charge in [0.2, 0.25) is 0 Å². The summed E-state index contributed by atoms with van der Waals surface area (Å²) < 4.78 is 14.1. The fourth-order valence-corrected chi connectivity index (χ4v) is 4.04. The molecule has 0 saturated carbocycles. The minimum absolute atomic E-state index is 0.298. The first-order valence-electron chi connectivity index (χ1n) is 9.43. The van der Waals surface area contributed by atoms with Gasteiger partial charge in [0.05, 0.1) is 27.6 Å². The second kappa shape index (κ2) is 7.44. The number of nitrogen functional groups attached to an aromatic ring is 1. The van der Waals surface area contributed by atoms with Crippen LogP contribution >= 0.6 is 23.2 Å². The number of aromatic amines is 1. The average Bonchev–Trinajstić information content (AvgIpc) is 3.24. The summed E-state index contributed by atoms with van der Waals surface area (Å²) >= 11 is 12.8. The van der Waals surface area contributed by atoms with E-state index in [2.05, 4.69) is 19.9 Å². The molecule has 6 nitrogen and oxygen atoms in total. The first-order valence-corrected chi connectivity index (χ1v) is 10.2. The molecule has 0 amide bonds. The number of benzene rings is 2. The highest BCUT2D eigenvalue weighted by atomic mass is 35.5. The summed E-state index contributed by atoms with van der Waals surface area (Å²) in [6.07, 6.45) is 1.52. The van der Waals surface area contributed by atoms with E-state index in [4.69, 9.17) is 33.9 Å². The lowest BCUT2D eigenvalue weighted by molar-refractivity contribution is 0.628. The molecular formula is C22H15Cl2FN6. The number of H-pyrrole nitrogens is 1. The highest BCUT2D eigenvalue weighted by molar-refractivity contribution is 6.35. The third-order valence-electron chi connectivity index (χ3n) is 5.19. The van der Waals surface area contributed by atoms with Crippen molar-refractivity contribution in [2.45, 2.75) is 12.8 Å². The van der Waals surface area contributed by atoms with Gasteiger partial charge in [0.15, 0.2) is 11.5 Å². The summed E-state index contributed by atoms with van der Waals surface area (Å²) in [4.78, 5) is 20.9. The van der Waals surface area contributed by atoms with E-state index >= 15 is 0 Å². The van der Waals surface area contributed by atoms with Crippen LogP contribution in [0.25, 0.3) is 33.3 Å². The van der Waals surface area contributed by atoms with Crippen LogP contribution in [0, 0.1) is 5.82 Å². The summed E-state index contributed by atoms with van der Waals surface area (Å²) in [5.41, 5.74) is 9.46. The number of nitrogens with two attached hydrogens (primary N) is 1. The van der Waals surface area contributed by atoms with Crippen molar-refractivity contribution in [3.8, 4) is 11.3 Å². The molecule has 0 radical (unpaired) electrons. The van der Waals surface area contributed by atoms with Gasteiger partial charge in [-0.1, -0.05) is 42.3 Å². The van der Waals surface area contributed by atoms with Crippen LogP contribution in [-0.4, -0.2) is 24.9 Å². The number of aromatic nitrogens is 5. The molecule has 31 heavy (non-hydrogen) atoms. The zero-order valence-electron chi connectivity index (χ0n) is 16.2. The normalized spacial score (nSPS) is 12.5. The summed E-state index contributed by atoms with van der Waals surface area (Å²) in [6.45, 7) is 1.93. The molecule has 154 valence electrons. The van der Waals surface area contributed by atoms with Crippen LogP contribution in [0.1, 0.15) is 24.2 Å². The molecule has 0 saturated heterocycles. The molecule has 5 rings (SSSR count). The van der Waals surface area contributed by atoms with E-state index in [1.165, 1.54) is 24.5 Å². The molecule has 0 bridgehead atoms. The SMILES string of the molecule is C[C@H](c1nc(N)c2[nH]cnc2n1)c1cc2cccc(Cl)c2nc1-c1cc(F)ccc1Cl. The minimum atomic E-state index is -0.419. The lowest BCUT2D eigenvalue weighted by Crippen LogP contribution is -2.08. The average molecular weight is 453 g/mol. The molecule has 9 heteroatoms. The Balaban J connectivity index is 1.79. The van der Waals surface area contributed by atoms with E-state index in [1.807, 2.05) is 25.1 Å². The number of fused-ring (bicyclic) bond motifs is 2. The van der Waals surface area contributed by atoms with Crippen LogP contribution in [0.2, 0.25) is 10.0 Å². The second-order valence-electron chi connectivity index (χ2n) is 7.15. The molecule has 0 fully saturated rings. The molecule has 0 aliphatic rings. The maximum Gasteiger partial charge on any atom is 0.183 e. The monoisotopic (exact) mass is 452 g/mol. The van der Waals surface area contributed by atoms with E-state index in [1.54, 1.807) is 6.07 Å². The molecule has 5 aromatic rings. The summed E-state index contributed by atoms with van der Waals surface area (Å²) in [5.74, 6) is 0.00615. The van der Waals surface area contributed by atoms with Crippen molar-refractivity contribution in [3.63, 3.8) is 0 Å². The van der Waals surface area contributed by atoms with Crippen LogP contribution in [0.3, 0.4) is 0 Å². The minimum Gasteiger partial charge on any atom is -0.382 e. The fraction of sp³-hybridized carbons (Fsp3) is 0.0909. The molecule has 0 unspecified atom stereocenters. The van der Waals surface area contributed by atoms with Gasteiger partial charge in [-0.05, 0) is 35.9 Å². The third kappa shape index (κ3) is 3.36. The van der Waals surface area contributed by atoms with Crippen molar-refractivity contribution in [2.24, 2.45) is 0 Å². The molecule has 3 heterocycles. The number of hydrogen-bond donors (Lipinski definition) is 2. The first-order chi connectivity index (χ1) is 14.9. The van der Waals surface area contributed by atoms with Gasteiger partial charge < -0.3 is 10.7 Å². The van der Waals surface area contributed by atoms with Crippen molar-refractivity contribution in [2.75, 3.05) is 5.73 Å². The summed E-state index contributed by atoms with van der Waals surface area (Å²) in [6, 6.07) is 11.6. The van der Waals surface area contributed by atoms with Crippen LogP contribution < -0.4 is 5.73 Å². The number of anilines is 1. The Kier molecular flexibility index (Phi) is 4.72. The summed E-state index contributed by atoms with van der Waals surface area (Å²) in [5, 5.41) is 1.69. The number of imidazole rings is 1. The van der Waals surface area contributed by atoms with Gasteiger partial charge in [-0.15, -0.1) is 0 Å². The number of nitrogens with one attached hydrogen (secondary N) is 1. The number of rotatable bonds is 3. The molecule has 0 aliphatic heterocycles. The molecule has 1 atom stereocenters. The van der Waals surface area contributed by atoms with E-state index in [0.29, 0.717) is 49.6 Å². The van der Waals surface area contributed by atoms with Gasteiger partial charge in [0, 0.05) is 16.9 Å². The zero-order valence-corrected chi connectivity index (χ0v) is 17.7. The lowest BCUT2D eigenvalue weighted by atomic mass is 9.93. The Morgan fingerprint density at radius 2 is 1.87 bits per heavy atom. The molecule has 3 N–H and O–H groups in total. The molecular weight excluding hydrogens is 438 g/mol. The number of hydrogen-bond acceptors (Lipinski definition) is 5. The van der Waals surface area contributed by atoms with Crippen molar-refractivity contribution in [1.29, 1.82) is 0 Å². The van der Waals surface area contributed by atoms with Crippen molar-refractivity contribution in [1.82, 2.24) is 24.9 Å². The molecule has 0 aliphatic carbocycles. The fourth-order valence-electron chi connectivity index (χ4n) is 3.61. The van der Waals surface area contributed by atoms with Gasteiger partial charge >= 0.3 is 0 Å². The number of pyridine rings is 1. The standard InChI is InChI=1S/C22H15Cl2FN6/c1-10(21-30-20(26)19-22(31-21)28-9-27-19)13-7-11-3-2-4-16(24)17(11)29-18(13)14-8-12(25)5-6-15(14)23/h2-10H,1H3,(H3,26,27,28,30,31)/t10-/m0/s1. The van der Waals surface area contributed by atoms with Crippen molar-refractivity contribution >= 4 is 51.1 Å². The molecule has 2 aromatic carbocycles. The van der Waals surface area contributed by atoms with Gasteiger partial charge in [-0.2, -0.15) is 0 Å². The number of para-hydroxylation sites is 1. The van der Waals surface area contributed by atoms with Gasteiger partial charge in [-0.3, -0.25) is 0 Å². The van der Waals surface area contributed by atoms with Crippen molar-refractivity contribution in [3.05, 3.63) is 76.0 Å². The Labute approximate surface area is 186 Å². The van der Waals surface area contributed by atoms with Crippen LogP contribution in [-0.2, 0) is 0 Å². The van der Waals surface area contributed by atoms with E-state index < -0.39 is 5.82 Å². The Morgan fingerprint density at radius 1 is 1.03 bits per heavy atom. The Morgan fingerprint density at radius 3 is 2.71 bits per heavy atom. The second-order valence-corrected chi connectivity index (χ2v) is 7.97. The van der Waals surface area contributed by atoms with Crippen LogP contribution in [0.15, 0.2) is 48.8 Å².